The van der Waals surface area contributed by atoms with Crippen LogP contribution in [0, 0.1) is 18.6 Å². The topological polar surface area (TPSA) is 66.4 Å². The lowest BCUT2D eigenvalue weighted by Gasteiger charge is -2.11. The molecule has 4 nitrogen and oxygen atoms in total. The molecule has 7 heteroatoms. The van der Waals surface area contributed by atoms with Crippen LogP contribution in [0.5, 0.6) is 0 Å². The highest BCUT2D eigenvalue weighted by atomic mass is 35.5. The molecule has 0 amide bonds. The van der Waals surface area contributed by atoms with Gasteiger partial charge >= 0.3 is 5.97 Å². The van der Waals surface area contributed by atoms with Gasteiger partial charge in [-0.05, 0) is 49.4 Å². The number of carbonyl (C=O) groups is 2. The molecule has 0 spiro atoms. The Labute approximate surface area is 164 Å². The molecule has 0 aliphatic heterocycles. The summed E-state index contributed by atoms with van der Waals surface area (Å²) in [6.45, 7) is 1.74. The van der Waals surface area contributed by atoms with Gasteiger partial charge in [0.1, 0.15) is 11.6 Å². The SMILES string of the molecule is Cc1ccc(C(=O)O)c(C(=O)c2ccc(Nc3ccc(F)cc3F)cc2Cl)c1. The number of halogens is 3. The number of carbonyl (C=O) groups excluding carboxylic acids is 1. The first-order chi connectivity index (χ1) is 13.3. The van der Waals surface area contributed by atoms with Crippen LogP contribution in [0.1, 0.15) is 31.8 Å². The van der Waals surface area contributed by atoms with Gasteiger partial charge in [-0.15, -0.1) is 0 Å². The van der Waals surface area contributed by atoms with Crippen molar-refractivity contribution in [2.45, 2.75) is 6.92 Å². The van der Waals surface area contributed by atoms with Gasteiger partial charge < -0.3 is 10.4 Å². The van der Waals surface area contributed by atoms with Crippen molar-refractivity contribution in [3.05, 3.63) is 93.5 Å². The average Bonchev–Trinajstić information content (AvgIpc) is 2.63. The molecule has 0 aromatic heterocycles. The minimum absolute atomic E-state index is 0.0275. The van der Waals surface area contributed by atoms with Crippen molar-refractivity contribution in [2.75, 3.05) is 5.32 Å². The van der Waals surface area contributed by atoms with Crippen molar-refractivity contribution in [2.24, 2.45) is 0 Å². The normalized spacial score (nSPS) is 10.6. The second-order valence-electron chi connectivity index (χ2n) is 6.13. The summed E-state index contributed by atoms with van der Waals surface area (Å²) in [6, 6.07) is 11.9. The van der Waals surface area contributed by atoms with E-state index in [-0.39, 0.29) is 27.4 Å². The molecule has 2 N–H and O–H groups in total. The zero-order chi connectivity index (χ0) is 20.4. The third-order valence-electron chi connectivity index (χ3n) is 4.07. The van der Waals surface area contributed by atoms with Crippen molar-refractivity contribution >= 4 is 34.7 Å². The Morgan fingerprint density at radius 1 is 0.929 bits per heavy atom. The van der Waals surface area contributed by atoms with E-state index in [9.17, 15) is 23.5 Å². The van der Waals surface area contributed by atoms with Crippen LogP contribution in [0.15, 0.2) is 54.6 Å². The van der Waals surface area contributed by atoms with Gasteiger partial charge in [-0.1, -0.05) is 23.2 Å². The molecule has 0 aliphatic rings. The van der Waals surface area contributed by atoms with Crippen LogP contribution < -0.4 is 5.32 Å². The summed E-state index contributed by atoms with van der Waals surface area (Å²) < 4.78 is 26.8. The highest BCUT2D eigenvalue weighted by Crippen LogP contribution is 2.28. The van der Waals surface area contributed by atoms with E-state index in [1.807, 2.05) is 0 Å². The predicted octanol–water partition coefficient (Wildman–Crippen LogP) is 5.60. The molecule has 0 atom stereocenters. The Morgan fingerprint density at radius 2 is 1.64 bits per heavy atom. The van der Waals surface area contributed by atoms with E-state index in [1.54, 1.807) is 13.0 Å². The molecule has 3 aromatic rings. The summed E-state index contributed by atoms with van der Waals surface area (Å²) in [4.78, 5) is 24.2. The van der Waals surface area contributed by atoms with E-state index in [0.717, 1.165) is 17.7 Å². The Kier molecular flexibility index (Phi) is 5.42. The molecule has 0 unspecified atom stereocenters. The van der Waals surface area contributed by atoms with E-state index >= 15 is 0 Å². The van der Waals surface area contributed by atoms with Gasteiger partial charge in [-0.3, -0.25) is 4.79 Å². The molecule has 0 radical (unpaired) electrons. The number of aromatic carboxylic acids is 1. The summed E-state index contributed by atoms with van der Waals surface area (Å²) in [5.74, 6) is -3.23. The van der Waals surface area contributed by atoms with Crippen molar-refractivity contribution in [3.8, 4) is 0 Å². The highest BCUT2D eigenvalue weighted by Gasteiger charge is 2.20. The van der Waals surface area contributed by atoms with Gasteiger partial charge in [-0.2, -0.15) is 0 Å². The lowest BCUT2D eigenvalue weighted by molar-refractivity contribution is 0.0692. The lowest BCUT2D eigenvalue weighted by Crippen LogP contribution is -2.10. The monoisotopic (exact) mass is 401 g/mol. The van der Waals surface area contributed by atoms with Crippen LogP contribution in [0.2, 0.25) is 5.02 Å². The molecule has 142 valence electrons. The fraction of sp³-hybridized carbons (Fsp3) is 0.0476. The van der Waals surface area contributed by atoms with Gasteiger partial charge in [0, 0.05) is 22.9 Å². The van der Waals surface area contributed by atoms with Crippen LogP contribution in [0.25, 0.3) is 0 Å². The Bertz CT molecular complexity index is 1100. The molecule has 0 fully saturated rings. The summed E-state index contributed by atoms with van der Waals surface area (Å²) in [5, 5.41) is 12.1. The second-order valence-corrected chi connectivity index (χ2v) is 6.53. The van der Waals surface area contributed by atoms with Crippen molar-refractivity contribution < 1.29 is 23.5 Å². The Morgan fingerprint density at radius 3 is 2.29 bits per heavy atom. The third kappa shape index (κ3) is 4.02. The molecular weight excluding hydrogens is 388 g/mol. The summed E-state index contributed by atoms with van der Waals surface area (Å²) >= 11 is 6.22. The first-order valence-electron chi connectivity index (χ1n) is 8.16. The van der Waals surface area contributed by atoms with Crippen molar-refractivity contribution in [1.29, 1.82) is 0 Å². The van der Waals surface area contributed by atoms with Crippen LogP contribution in [-0.2, 0) is 0 Å². The number of rotatable bonds is 5. The zero-order valence-corrected chi connectivity index (χ0v) is 15.3. The number of nitrogens with one attached hydrogen (secondary N) is 1. The summed E-state index contributed by atoms with van der Waals surface area (Å²) in [7, 11) is 0. The van der Waals surface area contributed by atoms with E-state index in [0.29, 0.717) is 5.69 Å². The van der Waals surface area contributed by atoms with Crippen molar-refractivity contribution in [1.82, 2.24) is 0 Å². The number of aryl methyl sites for hydroxylation is 1. The van der Waals surface area contributed by atoms with E-state index in [1.165, 1.54) is 36.4 Å². The molecular formula is C21H14ClF2NO3. The molecule has 0 aliphatic carbocycles. The Balaban J connectivity index is 1.94. The number of ketones is 1. The van der Waals surface area contributed by atoms with E-state index < -0.39 is 23.4 Å². The molecule has 0 saturated heterocycles. The third-order valence-corrected chi connectivity index (χ3v) is 4.39. The van der Waals surface area contributed by atoms with Gasteiger partial charge in [-0.25, -0.2) is 13.6 Å². The first kappa shape index (κ1) is 19.5. The Hall–Kier alpha value is -3.25. The van der Waals surface area contributed by atoms with Crippen molar-refractivity contribution in [3.63, 3.8) is 0 Å². The summed E-state index contributed by atoms with van der Waals surface area (Å²) in [5.41, 5.74) is 1.18. The zero-order valence-electron chi connectivity index (χ0n) is 14.6. The smallest absolute Gasteiger partial charge is 0.336 e. The molecule has 3 aromatic carbocycles. The van der Waals surface area contributed by atoms with E-state index in [4.69, 9.17) is 11.6 Å². The number of hydrogen-bond acceptors (Lipinski definition) is 3. The number of benzene rings is 3. The van der Waals surface area contributed by atoms with Crippen LogP contribution in [0.3, 0.4) is 0 Å². The maximum atomic E-state index is 13.8. The first-order valence-corrected chi connectivity index (χ1v) is 8.54. The van der Waals surface area contributed by atoms with Gasteiger partial charge in [0.25, 0.3) is 0 Å². The molecule has 3 rings (SSSR count). The maximum Gasteiger partial charge on any atom is 0.336 e. The lowest BCUT2D eigenvalue weighted by atomic mass is 9.96. The molecule has 0 heterocycles. The minimum Gasteiger partial charge on any atom is -0.478 e. The fourth-order valence-corrected chi connectivity index (χ4v) is 2.97. The van der Waals surface area contributed by atoms with Crippen LogP contribution in [-0.4, -0.2) is 16.9 Å². The van der Waals surface area contributed by atoms with Gasteiger partial charge in [0.05, 0.1) is 16.3 Å². The second kappa shape index (κ2) is 7.78. The van der Waals surface area contributed by atoms with E-state index in [2.05, 4.69) is 5.32 Å². The predicted molar refractivity (Wildman–Crippen MR) is 103 cm³/mol. The molecule has 28 heavy (non-hydrogen) atoms. The minimum atomic E-state index is -1.22. The van der Waals surface area contributed by atoms with Crippen LogP contribution in [0.4, 0.5) is 20.2 Å². The number of hydrogen-bond donors (Lipinski definition) is 2. The summed E-state index contributed by atoms with van der Waals surface area (Å²) in [6.07, 6.45) is 0. The molecule has 0 bridgehead atoms. The van der Waals surface area contributed by atoms with Gasteiger partial charge in [0.2, 0.25) is 0 Å². The number of anilines is 2. The van der Waals surface area contributed by atoms with Gasteiger partial charge in [0.15, 0.2) is 5.78 Å². The van der Waals surface area contributed by atoms with Crippen LogP contribution >= 0.6 is 11.6 Å². The maximum absolute atomic E-state index is 13.8. The average molecular weight is 402 g/mol. The standard InChI is InChI=1S/C21H14ClF2NO3/c1-11-2-5-14(21(27)28)16(8-11)20(26)15-6-4-13(10-17(15)22)25-19-7-3-12(23)9-18(19)24/h2-10,25H,1H3,(H,27,28). The molecule has 0 saturated carbocycles. The quantitative estimate of drug-likeness (QED) is 0.546. The number of carboxylic acids is 1. The fourth-order valence-electron chi connectivity index (χ4n) is 2.70. The largest absolute Gasteiger partial charge is 0.478 e. The number of carboxylic acid groups (broad SMARTS) is 1. The highest BCUT2D eigenvalue weighted by molar-refractivity contribution is 6.35.